The molecular formula is C17H24N8O2S. The Morgan fingerprint density at radius 1 is 1.36 bits per heavy atom. The zero-order valence-electron chi connectivity index (χ0n) is 16.0. The highest BCUT2D eigenvalue weighted by Crippen LogP contribution is 2.13. The lowest BCUT2D eigenvalue weighted by atomic mass is 10.2. The maximum absolute atomic E-state index is 12.3. The fraction of sp³-hybridized carbons (Fsp3) is 0.588. The van der Waals surface area contributed by atoms with E-state index in [1.54, 1.807) is 16.0 Å². The Labute approximate surface area is 166 Å². The van der Waals surface area contributed by atoms with Crippen molar-refractivity contribution < 1.29 is 9.53 Å². The Bertz CT molecular complexity index is 896. The summed E-state index contributed by atoms with van der Waals surface area (Å²) < 4.78 is 9.31. The minimum atomic E-state index is -0.113. The number of hydrogen-bond donors (Lipinski definition) is 1. The largest absolute Gasteiger partial charge is 0.373 e. The van der Waals surface area contributed by atoms with Gasteiger partial charge in [-0.25, -0.2) is 9.67 Å². The number of thiazole rings is 1. The third kappa shape index (κ3) is 4.54. The molecule has 1 aliphatic rings. The smallest absolute Gasteiger partial charge is 0.241 e. The van der Waals surface area contributed by atoms with Gasteiger partial charge in [0.25, 0.3) is 0 Å². The standard InChI is InChI=1S/C17H24N8O2S/c1-12-7-23(8-13(2)27-12)10-15-20-21-22-25(15)11-16(26)18-4-3-14-9-24-5-6-28-17(24)19-14/h5-6,9,12-13H,3-4,7-8,10-11H2,1-2H3,(H,18,26)/t12-,13+. The molecule has 1 aliphatic heterocycles. The highest BCUT2D eigenvalue weighted by molar-refractivity contribution is 7.15. The summed E-state index contributed by atoms with van der Waals surface area (Å²) in [6.45, 7) is 7.00. The lowest BCUT2D eigenvalue weighted by molar-refractivity contribution is -0.121. The number of rotatable bonds is 7. The van der Waals surface area contributed by atoms with Crippen molar-refractivity contribution in [2.45, 2.75) is 45.6 Å². The van der Waals surface area contributed by atoms with Crippen LogP contribution in [-0.2, 0) is 29.0 Å². The summed E-state index contributed by atoms with van der Waals surface area (Å²) in [4.78, 5) is 20.0. The predicted octanol–water partition coefficient (Wildman–Crippen LogP) is 0.350. The highest BCUT2D eigenvalue weighted by Gasteiger charge is 2.24. The molecule has 2 atom stereocenters. The van der Waals surface area contributed by atoms with E-state index in [4.69, 9.17) is 4.74 Å². The second-order valence-corrected chi connectivity index (χ2v) is 8.00. The van der Waals surface area contributed by atoms with Gasteiger partial charge in [-0.15, -0.1) is 16.4 Å². The minimum absolute atomic E-state index is 0.107. The van der Waals surface area contributed by atoms with Crippen LogP contribution in [0, 0.1) is 0 Å². The van der Waals surface area contributed by atoms with Crippen LogP contribution in [0.1, 0.15) is 25.4 Å². The van der Waals surface area contributed by atoms with E-state index >= 15 is 0 Å². The number of morpholine rings is 1. The van der Waals surface area contributed by atoms with Crippen LogP contribution < -0.4 is 5.32 Å². The van der Waals surface area contributed by atoms with Crippen molar-refractivity contribution >= 4 is 22.2 Å². The lowest BCUT2D eigenvalue weighted by Gasteiger charge is -2.34. The number of nitrogens with zero attached hydrogens (tertiary/aromatic N) is 7. The molecule has 0 spiro atoms. The van der Waals surface area contributed by atoms with Crippen molar-refractivity contribution in [1.82, 2.24) is 39.8 Å². The lowest BCUT2D eigenvalue weighted by Crippen LogP contribution is -2.45. The molecule has 0 aromatic carbocycles. The molecule has 3 aromatic heterocycles. The topological polar surface area (TPSA) is 102 Å². The molecule has 11 heteroatoms. The Hall–Kier alpha value is -2.37. The maximum atomic E-state index is 12.3. The number of aromatic nitrogens is 6. The molecule has 1 fully saturated rings. The van der Waals surface area contributed by atoms with Crippen LogP contribution in [0.25, 0.3) is 4.96 Å². The van der Waals surface area contributed by atoms with Crippen LogP contribution in [0.3, 0.4) is 0 Å². The molecule has 0 saturated carbocycles. The molecule has 1 N–H and O–H groups in total. The molecule has 1 amide bonds. The number of hydrogen-bond acceptors (Lipinski definition) is 8. The first kappa shape index (κ1) is 19.0. The summed E-state index contributed by atoms with van der Waals surface area (Å²) in [5, 5.41) is 16.7. The van der Waals surface area contributed by atoms with E-state index in [9.17, 15) is 4.79 Å². The monoisotopic (exact) mass is 404 g/mol. The van der Waals surface area contributed by atoms with E-state index in [-0.39, 0.29) is 24.7 Å². The maximum Gasteiger partial charge on any atom is 0.241 e. The van der Waals surface area contributed by atoms with E-state index in [1.807, 2.05) is 22.2 Å². The van der Waals surface area contributed by atoms with Crippen molar-refractivity contribution in [2.24, 2.45) is 0 Å². The van der Waals surface area contributed by atoms with Gasteiger partial charge < -0.3 is 10.1 Å². The van der Waals surface area contributed by atoms with E-state index in [1.165, 1.54) is 0 Å². The molecule has 0 unspecified atom stereocenters. The van der Waals surface area contributed by atoms with Gasteiger partial charge in [-0.1, -0.05) is 0 Å². The third-order valence-corrected chi connectivity index (χ3v) is 5.38. The van der Waals surface area contributed by atoms with Gasteiger partial charge >= 0.3 is 0 Å². The predicted molar refractivity (Wildman–Crippen MR) is 103 cm³/mol. The zero-order valence-corrected chi connectivity index (χ0v) is 16.8. The van der Waals surface area contributed by atoms with Crippen LogP contribution in [-0.4, -0.2) is 72.2 Å². The number of nitrogens with one attached hydrogen (secondary N) is 1. The van der Waals surface area contributed by atoms with Crippen molar-refractivity contribution in [3.05, 3.63) is 29.3 Å². The Morgan fingerprint density at radius 2 is 2.18 bits per heavy atom. The van der Waals surface area contributed by atoms with Crippen LogP contribution >= 0.6 is 11.3 Å². The van der Waals surface area contributed by atoms with Gasteiger partial charge in [-0.05, 0) is 24.3 Å². The van der Waals surface area contributed by atoms with Crippen molar-refractivity contribution in [3.63, 3.8) is 0 Å². The summed E-state index contributed by atoms with van der Waals surface area (Å²) in [6, 6.07) is 0. The van der Waals surface area contributed by atoms with E-state index in [0.717, 1.165) is 23.7 Å². The van der Waals surface area contributed by atoms with Gasteiger partial charge in [-0.3, -0.25) is 14.1 Å². The summed E-state index contributed by atoms with van der Waals surface area (Å²) >= 11 is 1.59. The Morgan fingerprint density at radius 3 is 2.96 bits per heavy atom. The second kappa shape index (κ2) is 8.33. The molecular weight excluding hydrogens is 380 g/mol. The molecule has 0 aliphatic carbocycles. The number of fused-ring (bicyclic) bond motifs is 1. The fourth-order valence-electron chi connectivity index (χ4n) is 3.49. The molecule has 28 heavy (non-hydrogen) atoms. The van der Waals surface area contributed by atoms with Gasteiger partial charge in [0.15, 0.2) is 10.8 Å². The highest BCUT2D eigenvalue weighted by atomic mass is 32.1. The van der Waals surface area contributed by atoms with Gasteiger partial charge in [0.2, 0.25) is 5.91 Å². The zero-order chi connectivity index (χ0) is 19.5. The molecule has 0 bridgehead atoms. The van der Waals surface area contributed by atoms with Crippen LogP contribution in [0.5, 0.6) is 0 Å². The molecule has 4 heterocycles. The number of carbonyl (C=O) groups is 1. The van der Waals surface area contributed by atoms with Crippen LogP contribution in [0.2, 0.25) is 0 Å². The molecule has 10 nitrogen and oxygen atoms in total. The normalized spacial score (nSPS) is 20.6. The molecule has 150 valence electrons. The first-order valence-electron chi connectivity index (χ1n) is 9.37. The van der Waals surface area contributed by atoms with Gasteiger partial charge in [0.05, 0.1) is 24.4 Å². The minimum Gasteiger partial charge on any atom is -0.373 e. The number of imidazole rings is 1. The third-order valence-electron chi connectivity index (χ3n) is 4.61. The summed E-state index contributed by atoms with van der Waals surface area (Å²) in [6.07, 6.45) is 5.00. The average molecular weight is 405 g/mol. The van der Waals surface area contributed by atoms with Gasteiger partial charge in [-0.2, -0.15) is 0 Å². The van der Waals surface area contributed by atoms with Crippen molar-refractivity contribution in [3.8, 4) is 0 Å². The quantitative estimate of drug-likeness (QED) is 0.606. The van der Waals surface area contributed by atoms with E-state index in [0.29, 0.717) is 25.3 Å². The number of carbonyl (C=O) groups excluding carboxylic acids is 1. The van der Waals surface area contributed by atoms with Crippen molar-refractivity contribution in [2.75, 3.05) is 19.6 Å². The summed E-state index contributed by atoms with van der Waals surface area (Å²) in [7, 11) is 0. The second-order valence-electron chi connectivity index (χ2n) is 7.13. The fourth-order valence-corrected chi connectivity index (χ4v) is 4.21. The molecule has 1 saturated heterocycles. The van der Waals surface area contributed by atoms with Crippen LogP contribution in [0.4, 0.5) is 0 Å². The first-order chi connectivity index (χ1) is 13.6. The number of tetrazole rings is 1. The van der Waals surface area contributed by atoms with Crippen molar-refractivity contribution in [1.29, 1.82) is 0 Å². The number of ether oxygens (including phenoxy) is 1. The van der Waals surface area contributed by atoms with Gasteiger partial charge in [0, 0.05) is 43.8 Å². The molecule has 0 radical (unpaired) electrons. The van der Waals surface area contributed by atoms with E-state index in [2.05, 4.69) is 44.6 Å². The Kier molecular flexibility index (Phi) is 5.64. The first-order valence-corrected chi connectivity index (χ1v) is 10.3. The molecule has 3 aromatic rings. The van der Waals surface area contributed by atoms with Gasteiger partial charge in [0.1, 0.15) is 6.54 Å². The van der Waals surface area contributed by atoms with E-state index < -0.39 is 0 Å². The van der Waals surface area contributed by atoms with Crippen LogP contribution in [0.15, 0.2) is 17.8 Å². The Balaban J connectivity index is 1.26. The summed E-state index contributed by atoms with van der Waals surface area (Å²) in [5.74, 6) is 0.573. The summed E-state index contributed by atoms with van der Waals surface area (Å²) in [5.41, 5.74) is 0.964. The average Bonchev–Trinajstić information content (AvgIpc) is 3.31. The number of amides is 1. The SMILES string of the molecule is C[C@@H]1CN(Cc2nnnn2CC(=O)NCCc2cn3ccsc3n2)C[C@H](C)O1. The molecule has 4 rings (SSSR count).